The maximum atomic E-state index is 6.50. The van der Waals surface area contributed by atoms with Gasteiger partial charge in [0.25, 0.3) is 0 Å². The van der Waals surface area contributed by atoms with Gasteiger partial charge in [-0.2, -0.15) is 0 Å². The zero-order valence-corrected chi connectivity index (χ0v) is 29.4. The predicted molar refractivity (Wildman–Crippen MR) is 225 cm³/mol. The van der Waals surface area contributed by atoms with Crippen LogP contribution in [0.15, 0.2) is 211 Å². The second-order valence-corrected chi connectivity index (χ2v) is 13.6. The van der Waals surface area contributed by atoms with E-state index in [-0.39, 0.29) is 0 Å². The highest BCUT2D eigenvalue weighted by Gasteiger charge is 2.17. The van der Waals surface area contributed by atoms with Crippen LogP contribution in [0.25, 0.3) is 77.5 Å². The van der Waals surface area contributed by atoms with E-state index in [1.165, 1.54) is 38.4 Å². The lowest BCUT2D eigenvalue weighted by Crippen LogP contribution is -2.09. The molecule has 0 N–H and O–H groups in total. The van der Waals surface area contributed by atoms with E-state index in [1.54, 1.807) is 0 Å². The summed E-state index contributed by atoms with van der Waals surface area (Å²) >= 11 is 0. The summed E-state index contributed by atoms with van der Waals surface area (Å²) in [7, 11) is 0. The molecule has 0 amide bonds. The summed E-state index contributed by atoms with van der Waals surface area (Å²) in [6, 6.07) is 73.0. The molecule has 0 aliphatic heterocycles. The van der Waals surface area contributed by atoms with Gasteiger partial charge in [0.1, 0.15) is 5.52 Å². The minimum Gasteiger partial charge on any atom is -0.435 e. The Bertz CT molecular complexity index is 2910. The van der Waals surface area contributed by atoms with Crippen molar-refractivity contribution in [3.8, 4) is 44.8 Å². The molecule has 0 aliphatic carbocycles. The third-order valence-corrected chi connectivity index (χ3v) is 10.3. The first-order valence-corrected chi connectivity index (χ1v) is 18.3. The second kappa shape index (κ2) is 13.4. The Morgan fingerprint density at radius 3 is 1.41 bits per heavy atom. The van der Waals surface area contributed by atoms with Crippen molar-refractivity contribution in [3.05, 3.63) is 206 Å². The zero-order chi connectivity index (χ0) is 35.8. The molecule has 0 radical (unpaired) electrons. The van der Waals surface area contributed by atoms with Gasteiger partial charge >= 0.3 is 0 Å². The van der Waals surface area contributed by atoms with Crippen molar-refractivity contribution in [2.75, 3.05) is 4.90 Å². The van der Waals surface area contributed by atoms with Gasteiger partial charge in [0, 0.05) is 28.2 Å². The number of anilines is 3. The van der Waals surface area contributed by atoms with E-state index in [4.69, 9.17) is 9.40 Å². The van der Waals surface area contributed by atoms with E-state index in [0.717, 1.165) is 50.2 Å². The van der Waals surface area contributed by atoms with Crippen LogP contribution in [0.4, 0.5) is 17.1 Å². The van der Waals surface area contributed by atoms with Crippen LogP contribution in [0, 0.1) is 0 Å². The zero-order valence-electron chi connectivity index (χ0n) is 29.4. The van der Waals surface area contributed by atoms with Crippen LogP contribution in [0.1, 0.15) is 0 Å². The minimum atomic E-state index is 0.622. The smallest absolute Gasteiger partial charge is 0.227 e. The van der Waals surface area contributed by atoms with E-state index < -0.39 is 0 Å². The number of hydrogen-bond donors (Lipinski definition) is 0. The molecule has 10 aromatic rings. The van der Waals surface area contributed by atoms with Crippen molar-refractivity contribution in [3.63, 3.8) is 0 Å². The van der Waals surface area contributed by atoms with Crippen LogP contribution in [0.3, 0.4) is 0 Å². The molecule has 1 aromatic heterocycles. The average molecular weight is 691 g/mol. The number of aromatic nitrogens is 1. The number of para-hydroxylation sites is 1. The van der Waals surface area contributed by atoms with Crippen LogP contribution >= 0.6 is 0 Å². The van der Waals surface area contributed by atoms with Crippen molar-refractivity contribution in [2.24, 2.45) is 0 Å². The lowest BCUT2D eigenvalue weighted by Gasteiger charge is -2.26. The van der Waals surface area contributed by atoms with Gasteiger partial charge in [0.2, 0.25) is 5.89 Å². The molecule has 3 heteroatoms. The van der Waals surface area contributed by atoms with Gasteiger partial charge in [0.15, 0.2) is 5.58 Å². The summed E-state index contributed by atoms with van der Waals surface area (Å²) in [6.45, 7) is 0. The number of oxazole rings is 1. The fourth-order valence-electron chi connectivity index (χ4n) is 7.46. The molecule has 0 atom stereocenters. The molecular formula is C51H34N2O. The van der Waals surface area contributed by atoms with Crippen LogP contribution < -0.4 is 4.90 Å². The molecular weight excluding hydrogens is 657 g/mol. The Hall–Kier alpha value is -7.23. The van der Waals surface area contributed by atoms with E-state index in [2.05, 4.69) is 205 Å². The fourth-order valence-corrected chi connectivity index (χ4v) is 7.46. The van der Waals surface area contributed by atoms with E-state index in [9.17, 15) is 0 Å². The summed E-state index contributed by atoms with van der Waals surface area (Å²) in [4.78, 5) is 7.21. The molecule has 54 heavy (non-hydrogen) atoms. The van der Waals surface area contributed by atoms with Gasteiger partial charge in [-0.25, -0.2) is 4.98 Å². The molecule has 0 bridgehead atoms. The van der Waals surface area contributed by atoms with E-state index in [0.29, 0.717) is 5.89 Å². The van der Waals surface area contributed by atoms with Crippen molar-refractivity contribution < 1.29 is 4.42 Å². The SMILES string of the molecule is c1ccc(-c2ccc(N(c3ccc(-c4ccc5ccccc5c4)cc3)c3ccc(-c4cccc5nc(-c6ccc7ccccc7c6)oc45)cc3)cc2)cc1. The molecule has 0 aliphatic rings. The van der Waals surface area contributed by atoms with Gasteiger partial charge in [-0.15, -0.1) is 0 Å². The predicted octanol–water partition coefficient (Wildman–Crippen LogP) is 14.3. The number of fused-ring (bicyclic) bond motifs is 3. The molecule has 0 saturated carbocycles. The number of nitrogens with zero attached hydrogens (tertiary/aromatic N) is 2. The monoisotopic (exact) mass is 690 g/mol. The molecule has 9 aromatic carbocycles. The normalized spacial score (nSPS) is 11.3. The molecule has 1 heterocycles. The first-order valence-electron chi connectivity index (χ1n) is 18.3. The molecule has 0 spiro atoms. The summed E-state index contributed by atoms with van der Waals surface area (Å²) in [5.41, 5.74) is 12.7. The lowest BCUT2D eigenvalue weighted by molar-refractivity contribution is 0.621. The third kappa shape index (κ3) is 5.88. The highest BCUT2D eigenvalue weighted by atomic mass is 16.3. The van der Waals surface area contributed by atoms with E-state index in [1.807, 2.05) is 6.07 Å². The maximum Gasteiger partial charge on any atom is 0.227 e. The third-order valence-electron chi connectivity index (χ3n) is 10.3. The van der Waals surface area contributed by atoms with Crippen LogP contribution in [0.5, 0.6) is 0 Å². The molecule has 0 fully saturated rings. The first kappa shape index (κ1) is 31.5. The molecule has 10 rings (SSSR count). The van der Waals surface area contributed by atoms with Crippen LogP contribution in [0.2, 0.25) is 0 Å². The Morgan fingerprint density at radius 2 is 0.796 bits per heavy atom. The quantitative estimate of drug-likeness (QED) is 0.167. The second-order valence-electron chi connectivity index (χ2n) is 13.6. The van der Waals surface area contributed by atoms with Crippen molar-refractivity contribution in [1.82, 2.24) is 4.98 Å². The van der Waals surface area contributed by atoms with Gasteiger partial charge in [-0.3, -0.25) is 0 Å². The highest BCUT2D eigenvalue weighted by molar-refractivity contribution is 5.94. The Labute approximate surface area is 314 Å². The summed E-state index contributed by atoms with van der Waals surface area (Å²) in [5, 5.41) is 4.84. The molecule has 3 nitrogen and oxygen atoms in total. The first-order chi connectivity index (χ1) is 26.7. The van der Waals surface area contributed by atoms with E-state index >= 15 is 0 Å². The minimum absolute atomic E-state index is 0.622. The van der Waals surface area contributed by atoms with Gasteiger partial charge < -0.3 is 9.32 Å². The highest BCUT2D eigenvalue weighted by Crippen LogP contribution is 2.39. The standard InChI is InChI=1S/C51H34N2O/c1-2-9-35(10-3-1)38-21-27-45(28-22-38)53(46-29-23-39(24-30-46)43-19-17-36-11-4-6-13-41(36)33-43)47-31-25-40(26-32-47)48-15-8-16-49-50(48)54-51(52-49)44-20-18-37-12-5-7-14-42(37)34-44/h1-34H. The largest absolute Gasteiger partial charge is 0.435 e. The number of hydrogen-bond acceptors (Lipinski definition) is 3. The average Bonchev–Trinajstić information content (AvgIpc) is 3.70. The van der Waals surface area contributed by atoms with Gasteiger partial charge in [0.05, 0.1) is 0 Å². The Kier molecular flexibility index (Phi) is 7.81. The topological polar surface area (TPSA) is 29.3 Å². The Morgan fingerprint density at radius 1 is 0.333 bits per heavy atom. The molecule has 254 valence electrons. The summed E-state index contributed by atoms with van der Waals surface area (Å²) < 4.78 is 6.50. The summed E-state index contributed by atoms with van der Waals surface area (Å²) in [6.07, 6.45) is 0. The lowest BCUT2D eigenvalue weighted by atomic mass is 10.0. The molecule has 0 saturated heterocycles. The number of benzene rings is 9. The van der Waals surface area contributed by atoms with Gasteiger partial charge in [-0.05, 0) is 110 Å². The molecule has 0 unspecified atom stereocenters. The van der Waals surface area contributed by atoms with Crippen molar-refractivity contribution in [2.45, 2.75) is 0 Å². The van der Waals surface area contributed by atoms with Gasteiger partial charge in [-0.1, -0.05) is 146 Å². The Balaban J connectivity index is 1.01. The van der Waals surface area contributed by atoms with Crippen LogP contribution in [-0.4, -0.2) is 4.98 Å². The van der Waals surface area contributed by atoms with Crippen molar-refractivity contribution >= 4 is 49.7 Å². The summed E-state index contributed by atoms with van der Waals surface area (Å²) in [5.74, 6) is 0.622. The maximum absolute atomic E-state index is 6.50. The fraction of sp³-hybridized carbons (Fsp3) is 0. The van der Waals surface area contributed by atoms with Crippen molar-refractivity contribution in [1.29, 1.82) is 0 Å². The van der Waals surface area contributed by atoms with Crippen LogP contribution in [-0.2, 0) is 0 Å². The number of rotatable bonds is 7.